The van der Waals surface area contributed by atoms with Gasteiger partial charge in [0.15, 0.2) is 17.3 Å². The monoisotopic (exact) mass is 452 g/mol. The van der Waals surface area contributed by atoms with Crippen molar-refractivity contribution < 1.29 is 27.4 Å². The molecule has 1 N–H and O–H groups in total. The highest BCUT2D eigenvalue weighted by atomic mass is 19.3. The lowest BCUT2D eigenvalue weighted by molar-refractivity contribution is -0.286. The van der Waals surface area contributed by atoms with Crippen molar-refractivity contribution in [1.29, 1.82) is 0 Å². The smallest absolute Gasteiger partial charge is 0.395 e. The predicted molar refractivity (Wildman–Crippen MR) is 112 cm³/mol. The van der Waals surface area contributed by atoms with E-state index in [2.05, 4.69) is 24.9 Å². The van der Waals surface area contributed by atoms with Crippen molar-refractivity contribution in [3.8, 4) is 22.9 Å². The van der Waals surface area contributed by atoms with E-state index >= 15 is 0 Å². The van der Waals surface area contributed by atoms with Crippen LogP contribution < -0.4 is 14.8 Å². The highest BCUT2D eigenvalue weighted by molar-refractivity contribution is 6.00. The Morgan fingerprint density at radius 2 is 1.73 bits per heavy atom. The van der Waals surface area contributed by atoms with E-state index in [9.17, 15) is 18.0 Å². The number of fused-ring (bicyclic) bond motifs is 1. The van der Waals surface area contributed by atoms with Gasteiger partial charge in [-0.05, 0) is 29.8 Å². The molecule has 0 spiro atoms. The summed E-state index contributed by atoms with van der Waals surface area (Å²) in [6.07, 6.45) is -3.88. The highest BCUT2D eigenvalue weighted by Gasteiger charge is 2.45. The number of hydrogen-bond donors (Lipinski definition) is 1. The molecule has 1 aliphatic rings. The molecule has 0 aliphatic carbocycles. The third-order valence-electron chi connectivity index (χ3n) is 4.85. The number of aromatic nitrogens is 3. The average molecular weight is 452 g/mol. The molecule has 0 atom stereocenters. The number of carbonyl (C=O) groups excluding carboxylic acids is 1. The Bertz CT molecular complexity index is 1320. The van der Waals surface area contributed by atoms with Gasteiger partial charge >= 0.3 is 6.29 Å². The van der Waals surface area contributed by atoms with Crippen LogP contribution >= 0.6 is 0 Å². The summed E-state index contributed by atoms with van der Waals surface area (Å²) >= 11 is 0. The minimum Gasteiger partial charge on any atom is -0.395 e. The molecule has 1 aromatic heterocycles. The molecular weight excluding hydrogens is 437 g/mol. The Morgan fingerprint density at radius 3 is 2.48 bits per heavy atom. The summed E-state index contributed by atoms with van der Waals surface area (Å²) in [6.45, 7) is 0.213. The van der Waals surface area contributed by atoms with Crippen LogP contribution in [0.5, 0.6) is 11.5 Å². The lowest BCUT2D eigenvalue weighted by Gasteiger charge is -2.09. The molecule has 0 saturated heterocycles. The molecule has 5 rings (SSSR count). The minimum atomic E-state index is -3.88. The van der Waals surface area contributed by atoms with Crippen molar-refractivity contribution in [2.75, 3.05) is 5.32 Å². The van der Waals surface area contributed by atoms with Gasteiger partial charge in [-0.1, -0.05) is 48.5 Å². The highest BCUT2D eigenvalue weighted by Crippen LogP contribution is 2.43. The number of carbonyl (C=O) groups is 1. The summed E-state index contributed by atoms with van der Waals surface area (Å²) in [5.74, 6) is -1.43. The zero-order chi connectivity index (χ0) is 23.0. The molecule has 0 fully saturated rings. The van der Waals surface area contributed by atoms with Crippen LogP contribution in [0.3, 0.4) is 0 Å². The minimum absolute atomic E-state index is 0.0754. The summed E-state index contributed by atoms with van der Waals surface area (Å²) < 4.78 is 50.3. The summed E-state index contributed by atoms with van der Waals surface area (Å²) in [5.41, 5.74) is 1.22. The van der Waals surface area contributed by atoms with Gasteiger partial charge in [-0.25, -0.2) is 4.39 Å². The average Bonchev–Trinajstić information content (AvgIpc) is 3.38. The third-order valence-corrected chi connectivity index (χ3v) is 4.85. The maximum absolute atomic E-state index is 13.6. The first-order valence-electron chi connectivity index (χ1n) is 9.84. The van der Waals surface area contributed by atoms with Gasteiger partial charge in [-0.15, -0.1) is 13.9 Å². The standard InChI is InChI=1S/C23H15F3N4O3/c24-16-11-9-14(10-12-16)13-27-22-28-20(15-5-2-1-3-6-15)29-30(22)21(31)17-7-4-8-18-19(17)33-23(25,26)32-18/h1-12H,13H2,(H,27,28,29). The lowest BCUT2D eigenvalue weighted by atomic mass is 10.2. The molecule has 7 nitrogen and oxygen atoms in total. The van der Waals surface area contributed by atoms with Gasteiger partial charge in [-0.2, -0.15) is 9.67 Å². The van der Waals surface area contributed by atoms with E-state index in [0.717, 1.165) is 10.2 Å². The Morgan fingerprint density at radius 1 is 0.970 bits per heavy atom. The number of hydrogen-bond acceptors (Lipinski definition) is 6. The first-order valence-corrected chi connectivity index (χ1v) is 9.84. The van der Waals surface area contributed by atoms with Crippen LogP contribution in [0.15, 0.2) is 72.8 Å². The Hall–Kier alpha value is -4.34. The molecular formula is C23H15F3N4O3. The fourth-order valence-electron chi connectivity index (χ4n) is 3.31. The fraction of sp³-hybridized carbons (Fsp3) is 0.0870. The van der Waals surface area contributed by atoms with Crippen LogP contribution in [-0.2, 0) is 6.54 Å². The largest absolute Gasteiger partial charge is 0.586 e. The van der Waals surface area contributed by atoms with E-state index in [1.807, 2.05) is 6.07 Å². The molecule has 166 valence electrons. The maximum atomic E-state index is 13.6. The quantitative estimate of drug-likeness (QED) is 0.473. The molecule has 33 heavy (non-hydrogen) atoms. The number of para-hydroxylation sites is 1. The van der Waals surface area contributed by atoms with Crippen molar-refractivity contribution in [1.82, 2.24) is 14.8 Å². The van der Waals surface area contributed by atoms with Gasteiger partial charge in [-0.3, -0.25) is 4.79 Å². The number of nitrogens with one attached hydrogen (secondary N) is 1. The summed E-state index contributed by atoms with van der Waals surface area (Å²) in [6, 6.07) is 18.7. The van der Waals surface area contributed by atoms with Gasteiger partial charge < -0.3 is 14.8 Å². The van der Waals surface area contributed by atoms with Crippen molar-refractivity contribution in [2.24, 2.45) is 0 Å². The third kappa shape index (κ3) is 4.10. The molecule has 0 unspecified atom stereocenters. The number of rotatable bonds is 5. The number of anilines is 1. The Balaban J connectivity index is 1.52. The van der Waals surface area contributed by atoms with E-state index in [-0.39, 0.29) is 41.2 Å². The number of benzene rings is 3. The molecule has 4 aromatic rings. The first-order chi connectivity index (χ1) is 15.9. The molecule has 3 aromatic carbocycles. The lowest BCUT2D eigenvalue weighted by Crippen LogP contribution is -2.26. The Labute approximate surface area is 185 Å². The summed E-state index contributed by atoms with van der Waals surface area (Å²) in [7, 11) is 0. The predicted octanol–water partition coefficient (Wildman–Crippen LogP) is 4.71. The van der Waals surface area contributed by atoms with Crippen molar-refractivity contribution in [3.63, 3.8) is 0 Å². The van der Waals surface area contributed by atoms with E-state index in [4.69, 9.17) is 0 Å². The normalized spacial score (nSPS) is 13.7. The molecule has 0 saturated carbocycles. The number of ether oxygens (including phenoxy) is 2. The second kappa shape index (κ2) is 7.97. The molecule has 2 heterocycles. The first kappa shape index (κ1) is 20.6. The number of alkyl halides is 2. The van der Waals surface area contributed by atoms with Gasteiger partial charge in [0.1, 0.15) is 5.82 Å². The SMILES string of the molecule is O=C(c1cccc2c1OC(F)(F)O2)n1nc(-c2ccccc2)nc1NCc1ccc(F)cc1. The molecule has 1 aliphatic heterocycles. The maximum Gasteiger partial charge on any atom is 0.586 e. The van der Waals surface area contributed by atoms with Crippen LogP contribution in [0.2, 0.25) is 0 Å². The van der Waals surface area contributed by atoms with Crippen LogP contribution in [0, 0.1) is 5.82 Å². The van der Waals surface area contributed by atoms with Crippen molar-refractivity contribution >= 4 is 11.9 Å². The van der Waals surface area contributed by atoms with E-state index in [0.29, 0.717) is 5.56 Å². The zero-order valence-electron chi connectivity index (χ0n) is 16.8. The van der Waals surface area contributed by atoms with Crippen molar-refractivity contribution in [3.05, 3.63) is 89.7 Å². The van der Waals surface area contributed by atoms with Crippen LogP contribution in [0.4, 0.5) is 19.1 Å². The van der Waals surface area contributed by atoms with Gasteiger partial charge in [0.05, 0.1) is 5.56 Å². The molecule has 0 radical (unpaired) electrons. The van der Waals surface area contributed by atoms with Gasteiger partial charge in [0, 0.05) is 12.1 Å². The van der Waals surface area contributed by atoms with Crippen LogP contribution in [-0.4, -0.2) is 27.0 Å². The number of nitrogens with zero attached hydrogens (tertiary/aromatic N) is 3. The van der Waals surface area contributed by atoms with E-state index in [1.54, 1.807) is 36.4 Å². The van der Waals surface area contributed by atoms with E-state index in [1.165, 1.54) is 30.3 Å². The second-order valence-electron chi connectivity index (χ2n) is 7.12. The molecule has 0 amide bonds. The fourth-order valence-corrected chi connectivity index (χ4v) is 3.31. The summed E-state index contributed by atoms with van der Waals surface area (Å²) in [4.78, 5) is 17.7. The molecule has 0 bridgehead atoms. The van der Waals surface area contributed by atoms with Gasteiger partial charge in [0.2, 0.25) is 5.95 Å². The van der Waals surface area contributed by atoms with Crippen LogP contribution in [0.1, 0.15) is 15.9 Å². The topological polar surface area (TPSA) is 78.3 Å². The summed E-state index contributed by atoms with van der Waals surface area (Å²) in [5, 5.41) is 7.29. The van der Waals surface area contributed by atoms with Crippen LogP contribution in [0.25, 0.3) is 11.4 Å². The Kier molecular flexibility index (Phi) is 4.97. The zero-order valence-corrected chi connectivity index (χ0v) is 16.8. The van der Waals surface area contributed by atoms with Crippen molar-refractivity contribution in [2.45, 2.75) is 12.8 Å². The van der Waals surface area contributed by atoms with Gasteiger partial charge in [0.25, 0.3) is 5.91 Å². The molecule has 10 heteroatoms. The number of halogens is 3. The van der Waals surface area contributed by atoms with E-state index < -0.39 is 12.2 Å². The second-order valence-corrected chi connectivity index (χ2v) is 7.12.